The molecule has 0 saturated carbocycles. The van der Waals surface area contributed by atoms with Gasteiger partial charge in [-0.2, -0.15) is 0 Å². The molecule has 0 bridgehead atoms. The van der Waals surface area contributed by atoms with Gasteiger partial charge in [0.05, 0.1) is 11.5 Å². The van der Waals surface area contributed by atoms with E-state index in [0.717, 1.165) is 25.9 Å². The van der Waals surface area contributed by atoms with E-state index in [0.29, 0.717) is 37.3 Å². The molecule has 124 valence electrons. The number of likely N-dealkylation sites (tertiary alicyclic amines) is 1. The molecule has 2 fully saturated rings. The number of anilines is 1. The lowest BCUT2D eigenvalue weighted by Crippen LogP contribution is -2.40. The molecule has 0 atom stereocenters. The predicted molar refractivity (Wildman–Crippen MR) is 86.6 cm³/mol. The number of piperidine rings is 2. The van der Waals surface area contributed by atoms with Gasteiger partial charge in [-0.3, -0.25) is 9.59 Å². The minimum Gasteiger partial charge on any atom is -0.481 e. The molecule has 1 amide bonds. The van der Waals surface area contributed by atoms with Crippen molar-refractivity contribution in [1.82, 2.24) is 9.88 Å². The minimum atomic E-state index is -0.727. The SMILES string of the molecule is O=C(O)C1CCN(c2ncccc2C(=O)N2CCCCC2)CC1. The molecular weight excluding hydrogens is 294 g/mol. The third-order valence-corrected chi connectivity index (χ3v) is 4.80. The lowest BCUT2D eigenvalue weighted by atomic mass is 9.97. The van der Waals surface area contributed by atoms with Crippen molar-refractivity contribution in [2.24, 2.45) is 5.92 Å². The summed E-state index contributed by atoms with van der Waals surface area (Å²) >= 11 is 0. The van der Waals surface area contributed by atoms with Crippen molar-refractivity contribution in [2.45, 2.75) is 32.1 Å². The molecule has 2 aliphatic rings. The van der Waals surface area contributed by atoms with E-state index < -0.39 is 5.97 Å². The Kier molecular flexibility index (Phi) is 4.79. The molecule has 3 heterocycles. The summed E-state index contributed by atoms with van der Waals surface area (Å²) in [5, 5.41) is 9.11. The zero-order valence-electron chi connectivity index (χ0n) is 13.3. The summed E-state index contributed by atoms with van der Waals surface area (Å²) in [5.41, 5.74) is 0.642. The van der Waals surface area contributed by atoms with Crippen molar-refractivity contribution >= 4 is 17.7 Å². The number of hydrogen-bond acceptors (Lipinski definition) is 4. The fourth-order valence-electron chi connectivity index (χ4n) is 3.42. The number of rotatable bonds is 3. The van der Waals surface area contributed by atoms with Gasteiger partial charge >= 0.3 is 5.97 Å². The minimum absolute atomic E-state index is 0.0492. The molecule has 0 spiro atoms. The number of amides is 1. The Morgan fingerprint density at radius 2 is 1.78 bits per heavy atom. The Morgan fingerprint density at radius 3 is 2.43 bits per heavy atom. The highest BCUT2D eigenvalue weighted by Gasteiger charge is 2.28. The van der Waals surface area contributed by atoms with Crippen molar-refractivity contribution in [2.75, 3.05) is 31.1 Å². The molecule has 23 heavy (non-hydrogen) atoms. The van der Waals surface area contributed by atoms with Gasteiger partial charge in [0, 0.05) is 32.4 Å². The molecule has 0 aliphatic carbocycles. The third kappa shape index (κ3) is 3.46. The summed E-state index contributed by atoms with van der Waals surface area (Å²) in [7, 11) is 0. The molecule has 1 aromatic rings. The fourth-order valence-corrected chi connectivity index (χ4v) is 3.42. The molecule has 1 aromatic heterocycles. The van der Waals surface area contributed by atoms with Gasteiger partial charge in [0.25, 0.3) is 5.91 Å². The average molecular weight is 317 g/mol. The maximum Gasteiger partial charge on any atom is 0.306 e. The molecule has 2 saturated heterocycles. The van der Waals surface area contributed by atoms with Gasteiger partial charge in [0.15, 0.2) is 0 Å². The Balaban J connectivity index is 1.76. The Labute approximate surface area is 136 Å². The monoisotopic (exact) mass is 317 g/mol. The number of nitrogens with zero attached hydrogens (tertiary/aromatic N) is 3. The normalized spacial score (nSPS) is 19.7. The standard InChI is InChI=1S/C17H23N3O3/c21-16(20-9-2-1-3-10-20)14-5-4-8-18-15(14)19-11-6-13(7-12-19)17(22)23/h4-5,8,13H,1-3,6-7,9-12H2,(H,22,23). The van der Waals surface area contributed by atoms with E-state index in [9.17, 15) is 9.59 Å². The van der Waals surface area contributed by atoms with Crippen molar-refractivity contribution in [3.8, 4) is 0 Å². The Bertz CT molecular complexity index is 576. The number of carbonyl (C=O) groups excluding carboxylic acids is 1. The van der Waals surface area contributed by atoms with Crippen LogP contribution >= 0.6 is 0 Å². The number of aliphatic carboxylic acids is 1. The summed E-state index contributed by atoms with van der Waals surface area (Å²) in [5.74, 6) is -0.258. The van der Waals surface area contributed by atoms with Gasteiger partial charge in [0.1, 0.15) is 5.82 Å². The third-order valence-electron chi connectivity index (χ3n) is 4.80. The zero-order valence-corrected chi connectivity index (χ0v) is 13.3. The second kappa shape index (κ2) is 6.98. The van der Waals surface area contributed by atoms with Crippen LogP contribution in [0, 0.1) is 5.92 Å². The van der Waals surface area contributed by atoms with E-state index in [-0.39, 0.29) is 11.8 Å². The van der Waals surface area contributed by atoms with Crippen LogP contribution in [-0.4, -0.2) is 53.0 Å². The van der Waals surface area contributed by atoms with E-state index >= 15 is 0 Å². The van der Waals surface area contributed by atoms with E-state index in [4.69, 9.17) is 5.11 Å². The lowest BCUT2D eigenvalue weighted by Gasteiger charge is -2.33. The molecule has 0 aromatic carbocycles. The van der Waals surface area contributed by atoms with Gasteiger partial charge < -0.3 is 14.9 Å². The Morgan fingerprint density at radius 1 is 1.09 bits per heavy atom. The van der Waals surface area contributed by atoms with Crippen LogP contribution in [0.1, 0.15) is 42.5 Å². The summed E-state index contributed by atoms with van der Waals surface area (Å²) in [6.45, 7) is 2.89. The first-order valence-electron chi connectivity index (χ1n) is 8.39. The number of aromatic nitrogens is 1. The Hall–Kier alpha value is -2.11. The van der Waals surface area contributed by atoms with E-state index in [2.05, 4.69) is 9.88 Å². The molecule has 6 heteroatoms. The first kappa shape index (κ1) is 15.8. The van der Waals surface area contributed by atoms with Crippen LogP contribution < -0.4 is 4.90 Å². The van der Waals surface area contributed by atoms with Crippen LogP contribution in [0.15, 0.2) is 18.3 Å². The fraction of sp³-hybridized carbons (Fsp3) is 0.588. The summed E-state index contributed by atoms with van der Waals surface area (Å²) in [6, 6.07) is 3.63. The van der Waals surface area contributed by atoms with E-state index in [1.165, 1.54) is 6.42 Å². The largest absolute Gasteiger partial charge is 0.481 e. The van der Waals surface area contributed by atoms with Gasteiger partial charge in [-0.05, 0) is 44.2 Å². The first-order chi connectivity index (χ1) is 11.2. The van der Waals surface area contributed by atoms with Gasteiger partial charge in [0.2, 0.25) is 0 Å². The van der Waals surface area contributed by atoms with Gasteiger partial charge in [-0.15, -0.1) is 0 Å². The zero-order chi connectivity index (χ0) is 16.2. The van der Waals surface area contributed by atoms with Crippen molar-refractivity contribution in [3.05, 3.63) is 23.9 Å². The molecule has 0 radical (unpaired) electrons. The quantitative estimate of drug-likeness (QED) is 0.923. The van der Waals surface area contributed by atoms with Crippen LogP contribution in [0.2, 0.25) is 0 Å². The highest BCUT2D eigenvalue weighted by molar-refractivity contribution is 5.99. The maximum atomic E-state index is 12.8. The molecule has 1 N–H and O–H groups in total. The second-order valence-electron chi connectivity index (χ2n) is 6.33. The summed E-state index contributed by atoms with van der Waals surface area (Å²) in [4.78, 5) is 32.3. The molecular formula is C17H23N3O3. The second-order valence-corrected chi connectivity index (χ2v) is 6.33. The first-order valence-corrected chi connectivity index (χ1v) is 8.39. The molecule has 0 unspecified atom stereocenters. The van der Waals surface area contributed by atoms with Crippen LogP contribution in [0.25, 0.3) is 0 Å². The predicted octanol–water partition coefficient (Wildman–Crippen LogP) is 2.01. The average Bonchev–Trinajstić information content (AvgIpc) is 2.62. The number of carbonyl (C=O) groups is 2. The van der Waals surface area contributed by atoms with Crippen molar-refractivity contribution < 1.29 is 14.7 Å². The van der Waals surface area contributed by atoms with Crippen LogP contribution in [0.3, 0.4) is 0 Å². The van der Waals surface area contributed by atoms with Gasteiger partial charge in [-0.25, -0.2) is 4.98 Å². The van der Waals surface area contributed by atoms with Crippen LogP contribution in [0.4, 0.5) is 5.82 Å². The topological polar surface area (TPSA) is 73.7 Å². The molecule has 2 aliphatic heterocycles. The number of carboxylic acids is 1. The van der Waals surface area contributed by atoms with Crippen molar-refractivity contribution in [1.29, 1.82) is 0 Å². The van der Waals surface area contributed by atoms with E-state index in [1.54, 1.807) is 12.3 Å². The van der Waals surface area contributed by atoms with E-state index in [1.807, 2.05) is 11.0 Å². The molecule has 3 rings (SSSR count). The van der Waals surface area contributed by atoms with Crippen molar-refractivity contribution in [3.63, 3.8) is 0 Å². The van der Waals surface area contributed by atoms with Crippen LogP contribution in [-0.2, 0) is 4.79 Å². The van der Waals surface area contributed by atoms with Crippen LogP contribution in [0.5, 0.6) is 0 Å². The maximum absolute atomic E-state index is 12.8. The van der Waals surface area contributed by atoms with Gasteiger partial charge in [-0.1, -0.05) is 0 Å². The number of hydrogen-bond donors (Lipinski definition) is 1. The highest BCUT2D eigenvalue weighted by atomic mass is 16.4. The molecule has 6 nitrogen and oxygen atoms in total. The number of pyridine rings is 1. The lowest BCUT2D eigenvalue weighted by molar-refractivity contribution is -0.142. The smallest absolute Gasteiger partial charge is 0.306 e. The summed E-state index contributed by atoms with van der Waals surface area (Å²) < 4.78 is 0. The summed E-state index contributed by atoms with van der Waals surface area (Å²) in [6.07, 6.45) is 6.21. The number of carboxylic acid groups (broad SMARTS) is 1. The highest BCUT2D eigenvalue weighted by Crippen LogP contribution is 2.26.